The van der Waals surface area contributed by atoms with Crippen LogP contribution in [0.3, 0.4) is 0 Å². The molecule has 10 heteroatoms. The van der Waals surface area contributed by atoms with Crippen LogP contribution in [0.1, 0.15) is 47.3 Å². The second-order valence-corrected chi connectivity index (χ2v) is 9.83. The molecule has 1 aliphatic rings. The third-order valence-electron chi connectivity index (χ3n) is 6.69. The molecule has 37 heavy (non-hydrogen) atoms. The molecule has 0 atom stereocenters. The molecule has 4 rings (SSSR count). The minimum Gasteiger partial charge on any atom is -0.496 e. The number of hydrogen-bond donors (Lipinski definition) is 1. The van der Waals surface area contributed by atoms with Crippen molar-refractivity contribution < 1.29 is 28.7 Å². The summed E-state index contributed by atoms with van der Waals surface area (Å²) in [6.45, 7) is 0.502. The summed E-state index contributed by atoms with van der Waals surface area (Å²) in [5.41, 5.74) is 0.292. The van der Waals surface area contributed by atoms with Crippen LogP contribution in [0.2, 0.25) is 0 Å². The molecule has 1 heterocycles. The maximum absolute atomic E-state index is 12.7. The summed E-state index contributed by atoms with van der Waals surface area (Å²) in [5, 5.41) is 15.9. The maximum atomic E-state index is 12.7. The first kappa shape index (κ1) is 26.2. The highest BCUT2D eigenvalue weighted by atomic mass is 32.1. The number of carbonyl (C=O) groups excluding carboxylic acids is 2. The second-order valence-electron chi connectivity index (χ2n) is 8.88. The Morgan fingerprint density at radius 2 is 1.81 bits per heavy atom. The molecule has 0 spiro atoms. The first-order chi connectivity index (χ1) is 17.9. The van der Waals surface area contributed by atoms with Crippen molar-refractivity contribution in [2.45, 2.75) is 43.6 Å². The molecule has 0 radical (unpaired) electrons. The summed E-state index contributed by atoms with van der Waals surface area (Å²) in [7, 11) is 1.54. The van der Waals surface area contributed by atoms with Crippen LogP contribution in [0.4, 0.5) is 10.5 Å². The van der Waals surface area contributed by atoms with Gasteiger partial charge in [-0.05, 0) is 67.8 Å². The molecule has 1 saturated carbocycles. The van der Waals surface area contributed by atoms with Crippen molar-refractivity contribution in [3.8, 4) is 11.5 Å². The first-order valence-electron chi connectivity index (χ1n) is 12.0. The van der Waals surface area contributed by atoms with E-state index >= 15 is 0 Å². The smallest absolute Gasteiger partial charge is 0.496 e. The Labute approximate surface area is 218 Å². The standard InChI is InChI=1S/C27H28N2O7S/c1-34-23-6-3-2-5-22(23)25(30)28-17-16-27(24-7-4-18-37-24)14-12-21(13-15-27)36-26(31)35-20-10-8-19(9-11-20)29(32)33/h2-11,18,21H,12-17H2,1H3,(H,28,30). The Bertz CT molecular complexity index is 1220. The van der Waals surface area contributed by atoms with E-state index in [0.29, 0.717) is 30.7 Å². The molecule has 1 amide bonds. The highest BCUT2D eigenvalue weighted by Crippen LogP contribution is 2.44. The first-order valence-corrected chi connectivity index (χ1v) is 12.9. The van der Waals surface area contributed by atoms with E-state index in [9.17, 15) is 19.7 Å². The van der Waals surface area contributed by atoms with E-state index in [-0.39, 0.29) is 28.9 Å². The topological polar surface area (TPSA) is 117 Å². The number of amides is 1. The molecule has 194 valence electrons. The summed E-state index contributed by atoms with van der Waals surface area (Å²) in [4.78, 5) is 36.5. The van der Waals surface area contributed by atoms with Crippen LogP contribution in [0.25, 0.3) is 0 Å². The summed E-state index contributed by atoms with van der Waals surface area (Å²) in [5.74, 6) is 0.543. The number of nitro groups is 1. The minimum absolute atomic E-state index is 0.0861. The van der Waals surface area contributed by atoms with E-state index in [1.165, 1.54) is 29.1 Å². The van der Waals surface area contributed by atoms with Gasteiger partial charge >= 0.3 is 6.16 Å². The van der Waals surface area contributed by atoms with Crippen LogP contribution in [-0.2, 0) is 10.2 Å². The Morgan fingerprint density at radius 1 is 1.08 bits per heavy atom. The van der Waals surface area contributed by atoms with E-state index in [0.717, 1.165) is 19.3 Å². The number of rotatable bonds is 9. The van der Waals surface area contributed by atoms with Crippen molar-refractivity contribution in [3.63, 3.8) is 0 Å². The lowest BCUT2D eigenvalue weighted by Gasteiger charge is -2.39. The van der Waals surface area contributed by atoms with Gasteiger partial charge in [0.05, 0.1) is 17.6 Å². The predicted molar refractivity (Wildman–Crippen MR) is 138 cm³/mol. The molecule has 0 aliphatic heterocycles. The molecule has 1 N–H and O–H groups in total. The molecule has 0 saturated heterocycles. The molecule has 3 aromatic rings. The lowest BCUT2D eigenvalue weighted by Crippen LogP contribution is -2.38. The van der Waals surface area contributed by atoms with Gasteiger partial charge in [-0.1, -0.05) is 18.2 Å². The molecule has 1 fully saturated rings. The molecule has 2 aromatic carbocycles. The number of benzene rings is 2. The maximum Gasteiger partial charge on any atom is 0.514 e. The molecular weight excluding hydrogens is 496 g/mol. The monoisotopic (exact) mass is 524 g/mol. The third-order valence-corrected chi connectivity index (χ3v) is 7.80. The van der Waals surface area contributed by atoms with Gasteiger partial charge in [0.15, 0.2) is 0 Å². The van der Waals surface area contributed by atoms with E-state index in [4.69, 9.17) is 14.2 Å². The van der Waals surface area contributed by atoms with Crippen molar-refractivity contribution in [2.24, 2.45) is 0 Å². The van der Waals surface area contributed by atoms with Gasteiger partial charge in [0.1, 0.15) is 17.6 Å². The predicted octanol–water partition coefficient (Wildman–Crippen LogP) is 5.88. The summed E-state index contributed by atoms with van der Waals surface area (Å²) >= 11 is 1.70. The zero-order chi connectivity index (χ0) is 26.3. The number of nitrogens with zero attached hydrogens (tertiary/aromatic N) is 1. The number of non-ortho nitro benzene ring substituents is 1. The Morgan fingerprint density at radius 3 is 2.46 bits per heavy atom. The van der Waals surface area contributed by atoms with Crippen molar-refractivity contribution >= 4 is 29.1 Å². The average molecular weight is 525 g/mol. The number of carbonyl (C=O) groups is 2. The lowest BCUT2D eigenvalue weighted by atomic mass is 9.70. The van der Waals surface area contributed by atoms with E-state index in [2.05, 4.69) is 16.8 Å². The van der Waals surface area contributed by atoms with Crippen LogP contribution >= 0.6 is 11.3 Å². The molecule has 1 aliphatic carbocycles. The van der Waals surface area contributed by atoms with Crippen LogP contribution in [-0.4, -0.2) is 36.7 Å². The largest absolute Gasteiger partial charge is 0.514 e. The van der Waals surface area contributed by atoms with E-state index in [1.54, 1.807) is 36.6 Å². The zero-order valence-electron chi connectivity index (χ0n) is 20.4. The number of methoxy groups -OCH3 is 1. The van der Waals surface area contributed by atoms with E-state index < -0.39 is 11.1 Å². The second kappa shape index (κ2) is 11.9. The van der Waals surface area contributed by atoms with Crippen molar-refractivity contribution in [1.82, 2.24) is 5.32 Å². The fourth-order valence-corrected chi connectivity index (χ4v) is 5.71. The summed E-state index contributed by atoms with van der Waals surface area (Å²) in [6.07, 6.45) is 2.56. The van der Waals surface area contributed by atoms with Gasteiger partial charge in [-0.25, -0.2) is 4.79 Å². The quantitative estimate of drug-likeness (QED) is 0.161. The van der Waals surface area contributed by atoms with Gasteiger partial charge in [-0.2, -0.15) is 0 Å². The fraction of sp³-hybridized carbons (Fsp3) is 0.333. The molecule has 9 nitrogen and oxygen atoms in total. The Hall–Kier alpha value is -3.92. The van der Waals surface area contributed by atoms with E-state index in [1.807, 2.05) is 12.1 Å². The van der Waals surface area contributed by atoms with Crippen LogP contribution in [0, 0.1) is 10.1 Å². The van der Waals surface area contributed by atoms with Crippen molar-refractivity contribution in [2.75, 3.05) is 13.7 Å². The zero-order valence-corrected chi connectivity index (χ0v) is 21.2. The van der Waals surface area contributed by atoms with Gasteiger partial charge in [0.2, 0.25) is 0 Å². The highest BCUT2D eigenvalue weighted by Gasteiger charge is 2.38. The Balaban J connectivity index is 1.32. The van der Waals surface area contributed by atoms with Crippen LogP contribution in [0.15, 0.2) is 66.0 Å². The normalized spacial score (nSPS) is 19.0. The molecular formula is C27H28N2O7S. The van der Waals surface area contributed by atoms with Crippen LogP contribution in [0.5, 0.6) is 11.5 Å². The highest BCUT2D eigenvalue weighted by molar-refractivity contribution is 7.10. The van der Waals surface area contributed by atoms with Crippen LogP contribution < -0.4 is 14.8 Å². The average Bonchev–Trinajstić information content (AvgIpc) is 3.46. The summed E-state index contributed by atoms with van der Waals surface area (Å²) < 4.78 is 16.0. The number of hydrogen-bond acceptors (Lipinski definition) is 8. The van der Waals surface area contributed by atoms with Gasteiger partial charge in [0.25, 0.3) is 11.6 Å². The van der Waals surface area contributed by atoms with Gasteiger partial charge < -0.3 is 19.5 Å². The molecule has 0 unspecified atom stereocenters. The number of ether oxygens (including phenoxy) is 3. The van der Waals surface area contributed by atoms with Crippen molar-refractivity contribution in [1.29, 1.82) is 0 Å². The lowest BCUT2D eigenvalue weighted by molar-refractivity contribution is -0.384. The van der Waals surface area contributed by atoms with Crippen molar-refractivity contribution in [3.05, 3.63) is 86.6 Å². The molecule has 0 bridgehead atoms. The van der Waals surface area contributed by atoms with Gasteiger partial charge in [-0.15, -0.1) is 11.3 Å². The van der Waals surface area contributed by atoms with Gasteiger partial charge in [0, 0.05) is 29.0 Å². The Kier molecular flexibility index (Phi) is 8.39. The summed E-state index contributed by atoms with van der Waals surface area (Å²) in [6, 6.07) is 16.5. The SMILES string of the molecule is COc1ccccc1C(=O)NCCC1(c2cccs2)CCC(OC(=O)Oc2ccc([N+](=O)[O-])cc2)CC1. The number of nitro benzene ring substituents is 1. The molecule has 1 aromatic heterocycles. The minimum atomic E-state index is -0.827. The fourth-order valence-electron chi connectivity index (χ4n) is 4.70. The number of nitrogens with one attached hydrogen (secondary N) is 1. The van der Waals surface area contributed by atoms with Gasteiger partial charge in [-0.3, -0.25) is 14.9 Å². The number of para-hydroxylation sites is 1. The number of thiophene rings is 1. The third kappa shape index (κ3) is 6.45.